The molecule has 0 spiro atoms. The van der Waals surface area contributed by atoms with E-state index < -0.39 is 0 Å². The Morgan fingerprint density at radius 3 is 2.79 bits per heavy atom. The van der Waals surface area contributed by atoms with Crippen LogP contribution in [0.4, 0.5) is 5.82 Å². The van der Waals surface area contributed by atoms with Gasteiger partial charge in [-0.1, -0.05) is 6.07 Å². The van der Waals surface area contributed by atoms with Crippen molar-refractivity contribution in [2.75, 3.05) is 32.3 Å². The molecule has 1 N–H and O–H groups in total. The van der Waals surface area contributed by atoms with Crippen molar-refractivity contribution in [3.63, 3.8) is 0 Å². The quantitative estimate of drug-likeness (QED) is 0.713. The number of piperidine rings is 1. The van der Waals surface area contributed by atoms with E-state index in [-0.39, 0.29) is 0 Å². The van der Waals surface area contributed by atoms with E-state index in [0.717, 1.165) is 66.4 Å². The van der Waals surface area contributed by atoms with Gasteiger partial charge in [0.1, 0.15) is 17.9 Å². The zero-order valence-corrected chi connectivity index (χ0v) is 16.4. The van der Waals surface area contributed by atoms with Crippen molar-refractivity contribution >= 4 is 16.7 Å². The van der Waals surface area contributed by atoms with Gasteiger partial charge in [0.15, 0.2) is 11.5 Å². The molecule has 0 bridgehead atoms. The number of anilines is 1. The highest BCUT2D eigenvalue weighted by atomic mass is 16.7. The highest BCUT2D eigenvalue weighted by Crippen LogP contribution is 2.33. The molecule has 1 saturated heterocycles. The highest BCUT2D eigenvalue weighted by Gasteiger charge is 2.21. The third-order valence-electron chi connectivity index (χ3n) is 5.61. The Hall–Kier alpha value is -3.06. The van der Waals surface area contributed by atoms with Gasteiger partial charge in [0.25, 0.3) is 0 Å². The molecule has 2 aliphatic heterocycles. The molecule has 0 saturated carbocycles. The van der Waals surface area contributed by atoms with Crippen LogP contribution in [0.5, 0.6) is 17.2 Å². The smallest absolute Gasteiger partial charge is 0.231 e. The minimum absolute atomic E-state index is 0.319. The topological polar surface area (TPSA) is 68.7 Å². The fourth-order valence-electron chi connectivity index (χ4n) is 4.00. The highest BCUT2D eigenvalue weighted by molar-refractivity contribution is 5.90. The predicted molar refractivity (Wildman–Crippen MR) is 111 cm³/mol. The Balaban J connectivity index is 1.22. The Bertz CT molecular complexity index is 1020. The molecule has 2 aromatic carbocycles. The van der Waals surface area contributed by atoms with E-state index in [1.54, 1.807) is 13.4 Å². The molecule has 2 aliphatic rings. The number of benzene rings is 2. The molecular formula is C22H24N4O3. The molecule has 0 atom stereocenters. The first-order valence-electron chi connectivity index (χ1n) is 9.95. The maximum absolute atomic E-state index is 5.49. The second-order valence-corrected chi connectivity index (χ2v) is 7.49. The van der Waals surface area contributed by atoms with E-state index in [4.69, 9.17) is 14.2 Å². The van der Waals surface area contributed by atoms with Crippen LogP contribution in [-0.4, -0.2) is 47.9 Å². The molecular weight excluding hydrogens is 368 g/mol. The lowest BCUT2D eigenvalue weighted by Gasteiger charge is -2.32. The SMILES string of the molecule is COc1ccc2ncnc(NC3CCN(Cc4ccc5c(c4)OCO5)CC3)c2c1. The van der Waals surface area contributed by atoms with E-state index >= 15 is 0 Å². The van der Waals surface area contributed by atoms with Gasteiger partial charge < -0.3 is 19.5 Å². The molecule has 7 nitrogen and oxygen atoms in total. The molecule has 3 heterocycles. The minimum atomic E-state index is 0.319. The van der Waals surface area contributed by atoms with Crippen LogP contribution in [0.25, 0.3) is 10.9 Å². The average molecular weight is 392 g/mol. The van der Waals surface area contributed by atoms with Crippen molar-refractivity contribution in [3.8, 4) is 17.2 Å². The number of hydrogen-bond donors (Lipinski definition) is 1. The number of rotatable bonds is 5. The van der Waals surface area contributed by atoms with Gasteiger partial charge in [-0.3, -0.25) is 4.90 Å². The molecule has 1 fully saturated rings. The lowest BCUT2D eigenvalue weighted by atomic mass is 10.0. The van der Waals surface area contributed by atoms with Crippen molar-refractivity contribution in [1.82, 2.24) is 14.9 Å². The van der Waals surface area contributed by atoms with Crippen molar-refractivity contribution in [2.45, 2.75) is 25.4 Å². The number of ether oxygens (including phenoxy) is 3. The first kappa shape index (κ1) is 18.0. The number of nitrogens with zero attached hydrogens (tertiary/aromatic N) is 3. The number of likely N-dealkylation sites (tertiary alicyclic amines) is 1. The van der Waals surface area contributed by atoms with Gasteiger partial charge in [-0.2, -0.15) is 0 Å². The summed E-state index contributed by atoms with van der Waals surface area (Å²) in [5.41, 5.74) is 2.18. The van der Waals surface area contributed by atoms with Gasteiger partial charge >= 0.3 is 0 Å². The van der Waals surface area contributed by atoms with Gasteiger partial charge in [-0.15, -0.1) is 0 Å². The van der Waals surface area contributed by atoms with E-state index in [1.165, 1.54) is 5.56 Å². The summed E-state index contributed by atoms with van der Waals surface area (Å²) in [6, 6.07) is 12.5. The Labute approximate surface area is 169 Å². The fraction of sp³-hybridized carbons (Fsp3) is 0.364. The molecule has 3 aromatic rings. The maximum atomic E-state index is 5.49. The normalized spacial score (nSPS) is 16.9. The molecule has 29 heavy (non-hydrogen) atoms. The van der Waals surface area contributed by atoms with Gasteiger partial charge in [0.2, 0.25) is 6.79 Å². The van der Waals surface area contributed by atoms with E-state index in [9.17, 15) is 0 Å². The van der Waals surface area contributed by atoms with E-state index in [0.29, 0.717) is 12.8 Å². The largest absolute Gasteiger partial charge is 0.497 e. The molecule has 150 valence electrons. The van der Waals surface area contributed by atoms with Crippen LogP contribution in [0.2, 0.25) is 0 Å². The molecule has 0 aliphatic carbocycles. The maximum Gasteiger partial charge on any atom is 0.231 e. The Morgan fingerprint density at radius 2 is 1.93 bits per heavy atom. The van der Waals surface area contributed by atoms with Crippen molar-refractivity contribution in [1.29, 1.82) is 0 Å². The van der Waals surface area contributed by atoms with Crippen LogP contribution < -0.4 is 19.5 Å². The first-order valence-corrected chi connectivity index (χ1v) is 9.95. The van der Waals surface area contributed by atoms with Gasteiger partial charge in [0, 0.05) is 31.1 Å². The minimum Gasteiger partial charge on any atom is -0.497 e. The Morgan fingerprint density at radius 1 is 1.07 bits per heavy atom. The van der Waals surface area contributed by atoms with E-state index in [1.807, 2.05) is 24.3 Å². The van der Waals surface area contributed by atoms with Crippen LogP contribution in [0.1, 0.15) is 18.4 Å². The lowest BCUT2D eigenvalue weighted by molar-refractivity contribution is 0.173. The summed E-state index contributed by atoms with van der Waals surface area (Å²) in [5, 5.41) is 4.62. The summed E-state index contributed by atoms with van der Waals surface area (Å²) in [6.45, 7) is 3.33. The molecule has 0 amide bonds. The Kier molecular flexibility index (Phi) is 4.81. The molecule has 0 unspecified atom stereocenters. The van der Waals surface area contributed by atoms with Crippen LogP contribution in [0.15, 0.2) is 42.7 Å². The monoisotopic (exact) mass is 392 g/mol. The summed E-state index contributed by atoms with van der Waals surface area (Å²) in [7, 11) is 1.67. The van der Waals surface area contributed by atoms with Crippen molar-refractivity contribution in [2.24, 2.45) is 0 Å². The van der Waals surface area contributed by atoms with Gasteiger partial charge in [0.05, 0.1) is 12.6 Å². The second kappa shape index (κ2) is 7.75. The fourth-order valence-corrected chi connectivity index (χ4v) is 4.00. The summed E-state index contributed by atoms with van der Waals surface area (Å²) in [4.78, 5) is 11.3. The standard InChI is InChI=1S/C22H24N4O3/c1-27-17-3-4-19-18(11-17)22(24-13-23-19)25-16-6-8-26(9-7-16)12-15-2-5-20-21(10-15)29-14-28-20/h2-5,10-11,13,16H,6-9,12,14H2,1H3,(H,23,24,25). The number of hydrogen-bond acceptors (Lipinski definition) is 7. The number of nitrogens with one attached hydrogen (secondary N) is 1. The molecule has 1 aromatic heterocycles. The third kappa shape index (κ3) is 3.78. The number of aromatic nitrogens is 2. The first-order chi connectivity index (χ1) is 14.3. The van der Waals surface area contributed by atoms with Crippen LogP contribution in [0.3, 0.4) is 0 Å². The molecule has 7 heteroatoms. The lowest BCUT2D eigenvalue weighted by Crippen LogP contribution is -2.38. The zero-order valence-electron chi connectivity index (χ0n) is 16.4. The van der Waals surface area contributed by atoms with Crippen molar-refractivity contribution in [3.05, 3.63) is 48.3 Å². The van der Waals surface area contributed by atoms with Crippen LogP contribution in [-0.2, 0) is 6.54 Å². The summed E-state index contributed by atoms with van der Waals surface area (Å²) < 4.78 is 16.2. The van der Waals surface area contributed by atoms with Crippen molar-refractivity contribution < 1.29 is 14.2 Å². The summed E-state index contributed by atoms with van der Waals surface area (Å²) in [5.74, 6) is 3.38. The van der Waals surface area contributed by atoms with Gasteiger partial charge in [-0.25, -0.2) is 9.97 Å². The van der Waals surface area contributed by atoms with Crippen LogP contribution >= 0.6 is 0 Å². The summed E-state index contributed by atoms with van der Waals surface area (Å²) in [6.07, 6.45) is 3.76. The molecule has 0 radical (unpaired) electrons. The number of methoxy groups -OCH3 is 1. The second-order valence-electron chi connectivity index (χ2n) is 7.49. The number of fused-ring (bicyclic) bond motifs is 2. The zero-order chi connectivity index (χ0) is 19.6. The average Bonchev–Trinajstić information content (AvgIpc) is 3.23. The molecule has 5 rings (SSSR count). The third-order valence-corrected chi connectivity index (χ3v) is 5.61. The van der Waals surface area contributed by atoms with Gasteiger partial charge in [-0.05, 0) is 48.7 Å². The predicted octanol–water partition coefficient (Wildman–Crippen LogP) is 3.44. The van der Waals surface area contributed by atoms with E-state index in [2.05, 4.69) is 32.3 Å². The van der Waals surface area contributed by atoms with Crippen LogP contribution in [0, 0.1) is 0 Å². The summed E-state index contributed by atoms with van der Waals surface area (Å²) >= 11 is 0.